The number of Topliss-reactive ketones (excluding diaryl/α,β-unsaturated/α-hetero) is 1. The van der Waals surface area contributed by atoms with E-state index < -0.39 is 5.92 Å². The van der Waals surface area contributed by atoms with Gasteiger partial charge in [-0.05, 0) is 44.0 Å². The Morgan fingerprint density at radius 2 is 1.97 bits per heavy atom. The number of nitriles is 1. The summed E-state index contributed by atoms with van der Waals surface area (Å²) in [5.41, 5.74) is 8.05. The van der Waals surface area contributed by atoms with E-state index in [-0.39, 0.29) is 29.8 Å². The monoisotopic (exact) mass is 509 g/mol. The smallest absolute Gasteiger partial charge is 0.257 e. The van der Waals surface area contributed by atoms with Crippen LogP contribution in [0.25, 0.3) is 0 Å². The van der Waals surface area contributed by atoms with Gasteiger partial charge in [0, 0.05) is 22.2 Å². The molecule has 1 aliphatic rings. The lowest BCUT2D eigenvalue weighted by Gasteiger charge is -2.28. The van der Waals surface area contributed by atoms with Crippen molar-refractivity contribution in [1.82, 2.24) is 5.32 Å². The molecule has 0 aliphatic carbocycles. The van der Waals surface area contributed by atoms with E-state index in [1.807, 2.05) is 30.3 Å². The maximum absolute atomic E-state index is 12.4. The number of ketones is 1. The van der Waals surface area contributed by atoms with Gasteiger partial charge in [0.05, 0.1) is 5.92 Å². The molecule has 7 nitrogen and oxygen atoms in total. The van der Waals surface area contributed by atoms with Crippen molar-refractivity contribution in [2.75, 3.05) is 13.2 Å². The number of hydrogen-bond acceptors (Lipinski definition) is 6. The predicted octanol–water partition coefficient (Wildman–Crippen LogP) is 3.86. The van der Waals surface area contributed by atoms with Gasteiger partial charge in [0.1, 0.15) is 23.2 Å². The molecule has 8 heteroatoms. The standard InChI is InChI=1S/C25H24BrN3O4/c1-15(30)23-16(2)33-25(28)20(13-27)24(23)19-12-18(26)8-9-21(19)32-14-22(31)29-11-10-17-6-4-3-5-7-17/h3-9,12,24H,10-11,14,28H2,1-2H3,(H,29,31)/t24-/m1/s1. The van der Waals surface area contributed by atoms with Crippen LogP contribution in [0.2, 0.25) is 0 Å². The fourth-order valence-corrected chi connectivity index (χ4v) is 4.09. The first-order valence-corrected chi connectivity index (χ1v) is 11.1. The lowest BCUT2D eigenvalue weighted by atomic mass is 9.81. The second-order valence-electron chi connectivity index (χ2n) is 7.51. The fraction of sp³-hybridized carbons (Fsp3) is 0.240. The van der Waals surface area contributed by atoms with Crippen LogP contribution in [-0.2, 0) is 20.7 Å². The van der Waals surface area contributed by atoms with Crippen LogP contribution in [0.3, 0.4) is 0 Å². The number of carbonyl (C=O) groups is 2. The van der Waals surface area contributed by atoms with Crippen molar-refractivity contribution in [2.24, 2.45) is 5.73 Å². The molecule has 1 aliphatic heterocycles. The lowest BCUT2D eigenvalue weighted by molar-refractivity contribution is -0.123. The summed E-state index contributed by atoms with van der Waals surface area (Å²) in [7, 11) is 0. The quantitative estimate of drug-likeness (QED) is 0.558. The highest BCUT2D eigenvalue weighted by molar-refractivity contribution is 9.10. The molecule has 0 fully saturated rings. The molecule has 33 heavy (non-hydrogen) atoms. The summed E-state index contributed by atoms with van der Waals surface area (Å²) < 4.78 is 12.0. The van der Waals surface area contributed by atoms with Crippen LogP contribution in [0, 0.1) is 11.3 Å². The molecule has 0 unspecified atom stereocenters. The average molecular weight is 510 g/mol. The number of halogens is 1. The summed E-state index contributed by atoms with van der Waals surface area (Å²) in [6.07, 6.45) is 0.708. The molecule has 0 bridgehead atoms. The Balaban J connectivity index is 1.80. The Bertz CT molecular complexity index is 1170. The van der Waals surface area contributed by atoms with E-state index in [9.17, 15) is 14.9 Å². The van der Waals surface area contributed by atoms with Gasteiger partial charge in [-0.3, -0.25) is 9.59 Å². The van der Waals surface area contributed by atoms with Gasteiger partial charge in [0.15, 0.2) is 12.4 Å². The van der Waals surface area contributed by atoms with Crippen LogP contribution in [0.5, 0.6) is 5.75 Å². The van der Waals surface area contributed by atoms with E-state index in [4.69, 9.17) is 15.2 Å². The first-order chi connectivity index (χ1) is 15.8. The number of allylic oxidation sites excluding steroid dienone is 3. The molecule has 0 saturated heterocycles. The summed E-state index contributed by atoms with van der Waals surface area (Å²) in [6, 6.07) is 17.1. The van der Waals surface area contributed by atoms with Crippen molar-refractivity contribution in [3.05, 3.63) is 86.9 Å². The van der Waals surface area contributed by atoms with E-state index in [0.29, 0.717) is 35.6 Å². The second-order valence-corrected chi connectivity index (χ2v) is 8.42. The Morgan fingerprint density at radius 3 is 2.64 bits per heavy atom. The molecular formula is C25H24BrN3O4. The fourth-order valence-electron chi connectivity index (χ4n) is 3.71. The van der Waals surface area contributed by atoms with Gasteiger partial charge in [-0.25, -0.2) is 0 Å². The molecule has 1 atom stereocenters. The maximum atomic E-state index is 12.4. The Hall–Kier alpha value is -3.57. The van der Waals surface area contributed by atoms with E-state index in [0.717, 1.165) is 10.0 Å². The minimum Gasteiger partial charge on any atom is -0.483 e. The summed E-state index contributed by atoms with van der Waals surface area (Å²) in [5.74, 6) is -0.656. The molecule has 0 spiro atoms. The van der Waals surface area contributed by atoms with Gasteiger partial charge in [-0.15, -0.1) is 0 Å². The van der Waals surface area contributed by atoms with Crippen LogP contribution in [0.15, 0.2) is 75.8 Å². The van der Waals surface area contributed by atoms with Gasteiger partial charge in [0.25, 0.3) is 5.91 Å². The zero-order chi connectivity index (χ0) is 24.0. The number of hydrogen-bond donors (Lipinski definition) is 2. The number of nitrogens with zero attached hydrogens (tertiary/aromatic N) is 1. The molecule has 3 N–H and O–H groups in total. The van der Waals surface area contributed by atoms with Crippen LogP contribution in [0.4, 0.5) is 0 Å². The zero-order valence-corrected chi connectivity index (χ0v) is 19.9. The van der Waals surface area contributed by atoms with Crippen LogP contribution in [-0.4, -0.2) is 24.8 Å². The summed E-state index contributed by atoms with van der Waals surface area (Å²) in [6.45, 7) is 3.30. The molecule has 0 saturated carbocycles. The van der Waals surface area contributed by atoms with Gasteiger partial charge >= 0.3 is 0 Å². The predicted molar refractivity (Wildman–Crippen MR) is 127 cm³/mol. The molecular weight excluding hydrogens is 486 g/mol. The van der Waals surface area contributed by atoms with Crippen LogP contribution < -0.4 is 15.8 Å². The average Bonchev–Trinajstić information content (AvgIpc) is 2.78. The highest BCUT2D eigenvalue weighted by Gasteiger charge is 2.35. The highest BCUT2D eigenvalue weighted by atomic mass is 79.9. The number of ether oxygens (including phenoxy) is 2. The second kappa shape index (κ2) is 10.8. The minimum atomic E-state index is -0.769. The van der Waals surface area contributed by atoms with Crippen molar-refractivity contribution in [3.63, 3.8) is 0 Å². The molecule has 2 aromatic carbocycles. The van der Waals surface area contributed by atoms with Gasteiger partial charge in [0.2, 0.25) is 5.88 Å². The molecule has 1 amide bonds. The van der Waals surface area contributed by atoms with Crippen molar-refractivity contribution in [2.45, 2.75) is 26.2 Å². The van der Waals surface area contributed by atoms with E-state index in [1.165, 1.54) is 6.92 Å². The maximum Gasteiger partial charge on any atom is 0.257 e. The van der Waals surface area contributed by atoms with Crippen molar-refractivity contribution in [1.29, 1.82) is 5.26 Å². The zero-order valence-electron chi connectivity index (χ0n) is 18.4. The third-order valence-electron chi connectivity index (χ3n) is 5.21. The lowest BCUT2D eigenvalue weighted by Crippen LogP contribution is -2.31. The number of nitrogens with one attached hydrogen (secondary N) is 1. The van der Waals surface area contributed by atoms with Crippen LogP contribution >= 0.6 is 15.9 Å². The van der Waals surface area contributed by atoms with Crippen molar-refractivity contribution < 1.29 is 19.1 Å². The Labute approximate surface area is 201 Å². The highest BCUT2D eigenvalue weighted by Crippen LogP contribution is 2.43. The first-order valence-electron chi connectivity index (χ1n) is 10.3. The van der Waals surface area contributed by atoms with Crippen molar-refractivity contribution in [3.8, 4) is 11.8 Å². The van der Waals surface area contributed by atoms with Crippen LogP contribution in [0.1, 0.15) is 30.9 Å². The number of carbonyl (C=O) groups excluding carboxylic acids is 2. The Morgan fingerprint density at radius 1 is 1.24 bits per heavy atom. The third-order valence-corrected chi connectivity index (χ3v) is 5.70. The first kappa shape index (κ1) is 24.1. The molecule has 3 rings (SSSR count). The topological polar surface area (TPSA) is 114 Å². The summed E-state index contributed by atoms with van der Waals surface area (Å²) in [5, 5.41) is 12.6. The number of amides is 1. The number of benzene rings is 2. The van der Waals surface area contributed by atoms with Gasteiger partial charge in [-0.1, -0.05) is 46.3 Å². The Kier molecular flexibility index (Phi) is 7.91. The van der Waals surface area contributed by atoms with E-state index >= 15 is 0 Å². The normalized spacial score (nSPS) is 15.5. The molecule has 1 heterocycles. The molecule has 2 aromatic rings. The van der Waals surface area contributed by atoms with Gasteiger partial charge in [-0.2, -0.15) is 5.26 Å². The van der Waals surface area contributed by atoms with Crippen molar-refractivity contribution >= 4 is 27.6 Å². The molecule has 0 radical (unpaired) electrons. The summed E-state index contributed by atoms with van der Waals surface area (Å²) >= 11 is 3.43. The van der Waals surface area contributed by atoms with E-state index in [1.54, 1.807) is 25.1 Å². The minimum absolute atomic E-state index is 0.0606. The SMILES string of the molecule is CC(=O)C1=C(C)OC(N)=C(C#N)[C@H]1c1cc(Br)ccc1OCC(=O)NCCc1ccccc1. The number of nitrogens with two attached hydrogens (primary N) is 1. The summed E-state index contributed by atoms with van der Waals surface area (Å²) in [4.78, 5) is 24.8. The molecule has 170 valence electrons. The molecule has 0 aromatic heterocycles. The number of rotatable bonds is 8. The van der Waals surface area contributed by atoms with E-state index in [2.05, 4.69) is 27.3 Å². The van der Waals surface area contributed by atoms with Gasteiger partial charge < -0.3 is 20.5 Å². The third kappa shape index (κ3) is 5.82. The largest absolute Gasteiger partial charge is 0.483 e.